The van der Waals surface area contributed by atoms with Gasteiger partial charge in [0.1, 0.15) is 5.75 Å². The molecule has 0 amide bonds. The fourth-order valence-electron chi connectivity index (χ4n) is 5.19. The second-order valence-corrected chi connectivity index (χ2v) is 9.04. The van der Waals surface area contributed by atoms with Crippen LogP contribution < -0.4 is 9.64 Å². The normalized spacial score (nSPS) is 15.2. The smallest absolute Gasteiger partial charge is 0.335 e. The molecule has 0 saturated carbocycles. The van der Waals surface area contributed by atoms with Crippen LogP contribution in [0.5, 0.6) is 5.75 Å². The molecule has 0 radical (unpaired) electrons. The second kappa shape index (κ2) is 8.44. The lowest BCUT2D eigenvalue weighted by Crippen LogP contribution is -2.24. The van der Waals surface area contributed by atoms with E-state index in [0.717, 1.165) is 17.8 Å². The standard InChI is InChI=1S/C32H25NO2/c1-3-30(34)35-27-17-15-26(16-18-27)33(25-13-7-21(2)8-14-25)29-20-12-24-10-9-22-5-4-6-23-11-19-28(29)32(24)31(22)23/h3-5,7-20,29H,1,6H2,2H3. The number of allylic oxidation sites excluding steroid dienone is 1. The summed E-state index contributed by atoms with van der Waals surface area (Å²) in [5.41, 5.74) is 8.57. The largest absolute Gasteiger partial charge is 0.423 e. The molecule has 1 atom stereocenters. The van der Waals surface area contributed by atoms with Gasteiger partial charge in [0.2, 0.25) is 0 Å². The van der Waals surface area contributed by atoms with Crippen LogP contribution >= 0.6 is 0 Å². The predicted molar refractivity (Wildman–Crippen MR) is 144 cm³/mol. The van der Waals surface area contributed by atoms with E-state index in [9.17, 15) is 4.79 Å². The molecule has 0 heterocycles. The van der Waals surface area contributed by atoms with Crippen molar-refractivity contribution in [2.75, 3.05) is 4.90 Å². The summed E-state index contributed by atoms with van der Waals surface area (Å²) in [6.45, 7) is 5.58. The average molecular weight is 456 g/mol. The molecule has 2 aliphatic carbocycles. The molecule has 0 saturated heterocycles. The number of carbonyl (C=O) groups excluding carboxylic acids is 1. The average Bonchev–Trinajstić information content (AvgIpc) is 2.90. The minimum absolute atomic E-state index is 0.0157. The zero-order chi connectivity index (χ0) is 23.9. The van der Waals surface area contributed by atoms with Crippen LogP contribution in [0.2, 0.25) is 0 Å². The third-order valence-corrected chi connectivity index (χ3v) is 6.85. The van der Waals surface area contributed by atoms with E-state index >= 15 is 0 Å². The number of esters is 1. The number of ether oxygens (including phenoxy) is 1. The highest BCUT2D eigenvalue weighted by molar-refractivity contribution is 6.03. The third-order valence-electron chi connectivity index (χ3n) is 6.85. The number of hydrogen-bond donors (Lipinski definition) is 0. The number of hydrogen-bond acceptors (Lipinski definition) is 3. The molecule has 0 aromatic heterocycles. The van der Waals surface area contributed by atoms with Crippen LogP contribution in [0.4, 0.5) is 11.4 Å². The van der Waals surface area contributed by atoms with Crippen molar-refractivity contribution in [3.63, 3.8) is 0 Å². The van der Waals surface area contributed by atoms with E-state index in [0.29, 0.717) is 5.75 Å². The zero-order valence-electron chi connectivity index (χ0n) is 19.6. The summed E-state index contributed by atoms with van der Waals surface area (Å²) in [6, 6.07) is 25.3. The molecule has 6 rings (SSSR count). The summed E-state index contributed by atoms with van der Waals surface area (Å²) in [5.74, 6) is 0.0334. The Morgan fingerprint density at radius 3 is 2.29 bits per heavy atom. The summed E-state index contributed by atoms with van der Waals surface area (Å²) in [7, 11) is 0. The van der Waals surface area contributed by atoms with E-state index in [4.69, 9.17) is 4.74 Å². The van der Waals surface area contributed by atoms with Crippen LogP contribution in [0.25, 0.3) is 22.9 Å². The molecule has 4 aromatic rings. The lowest BCUT2D eigenvalue weighted by molar-refractivity contribution is -0.128. The van der Waals surface area contributed by atoms with Crippen LogP contribution in [0, 0.1) is 6.92 Å². The topological polar surface area (TPSA) is 29.5 Å². The Balaban J connectivity index is 1.50. The number of rotatable bonds is 5. The molecule has 0 spiro atoms. The summed E-state index contributed by atoms with van der Waals surface area (Å²) in [5, 5.41) is 2.71. The zero-order valence-corrected chi connectivity index (χ0v) is 19.6. The van der Waals surface area contributed by atoms with Gasteiger partial charge < -0.3 is 9.64 Å². The Morgan fingerprint density at radius 2 is 1.57 bits per heavy atom. The Morgan fingerprint density at radius 1 is 0.886 bits per heavy atom. The molecular formula is C32H25NO2. The molecule has 0 bridgehead atoms. The Hall–Kier alpha value is -4.37. The minimum Gasteiger partial charge on any atom is -0.423 e. The number of anilines is 2. The number of nitrogens with zero attached hydrogens (tertiary/aromatic N) is 1. The predicted octanol–water partition coefficient (Wildman–Crippen LogP) is 7.72. The summed E-state index contributed by atoms with van der Waals surface area (Å²) in [6.07, 6.45) is 11.2. The van der Waals surface area contributed by atoms with E-state index in [-0.39, 0.29) is 6.04 Å². The summed E-state index contributed by atoms with van der Waals surface area (Å²) >= 11 is 0. The van der Waals surface area contributed by atoms with Gasteiger partial charge in [-0.15, -0.1) is 0 Å². The van der Waals surface area contributed by atoms with Gasteiger partial charge >= 0.3 is 5.97 Å². The first kappa shape index (κ1) is 21.2. The Bertz CT molecular complexity index is 1530. The van der Waals surface area contributed by atoms with Crippen molar-refractivity contribution >= 4 is 40.3 Å². The van der Waals surface area contributed by atoms with Crippen LogP contribution in [-0.4, -0.2) is 5.97 Å². The molecule has 3 heteroatoms. The van der Waals surface area contributed by atoms with Gasteiger partial charge in [-0.1, -0.05) is 72.8 Å². The van der Waals surface area contributed by atoms with Crippen LogP contribution in [-0.2, 0) is 11.2 Å². The van der Waals surface area contributed by atoms with Crippen molar-refractivity contribution < 1.29 is 9.53 Å². The summed E-state index contributed by atoms with van der Waals surface area (Å²) < 4.78 is 5.31. The van der Waals surface area contributed by atoms with Crippen molar-refractivity contribution in [2.45, 2.75) is 19.4 Å². The van der Waals surface area contributed by atoms with E-state index in [1.807, 2.05) is 24.3 Å². The molecule has 4 aromatic carbocycles. The Labute approximate surface area is 205 Å². The molecule has 0 fully saturated rings. The molecule has 1 unspecified atom stereocenters. The maximum Gasteiger partial charge on any atom is 0.335 e. The maximum absolute atomic E-state index is 11.6. The lowest BCUT2D eigenvalue weighted by Gasteiger charge is -2.35. The van der Waals surface area contributed by atoms with Gasteiger partial charge in [0, 0.05) is 17.5 Å². The highest BCUT2D eigenvalue weighted by atomic mass is 16.5. The summed E-state index contributed by atoms with van der Waals surface area (Å²) in [4.78, 5) is 14.0. The molecule has 0 N–H and O–H groups in total. The fourth-order valence-corrected chi connectivity index (χ4v) is 5.19. The highest BCUT2D eigenvalue weighted by Crippen LogP contribution is 2.45. The van der Waals surface area contributed by atoms with Gasteiger partial charge in [-0.25, -0.2) is 4.79 Å². The van der Waals surface area contributed by atoms with E-state index in [1.165, 1.54) is 44.7 Å². The van der Waals surface area contributed by atoms with Gasteiger partial charge in [0.15, 0.2) is 0 Å². The van der Waals surface area contributed by atoms with Crippen molar-refractivity contribution in [2.24, 2.45) is 0 Å². The van der Waals surface area contributed by atoms with Gasteiger partial charge in [0.25, 0.3) is 0 Å². The van der Waals surface area contributed by atoms with Gasteiger partial charge in [-0.3, -0.25) is 0 Å². The van der Waals surface area contributed by atoms with Gasteiger partial charge in [0.05, 0.1) is 6.04 Å². The molecule has 2 aliphatic rings. The lowest BCUT2D eigenvalue weighted by atomic mass is 9.83. The van der Waals surface area contributed by atoms with E-state index in [2.05, 4.69) is 91.2 Å². The van der Waals surface area contributed by atoms with Crippen molar-refractivity contribution in [3.05, 3.63) is 125 Å². The van der Waals surface area contributed by atoms with Crippen molar-refractivity contribution in [1.82, 2.24) is 0 Å². The number of aryl methyl sites for hydroxylation is 1. The third kappa shape index (κ3) is 3.66. The quantitative estimate of drug-likeness (QED) is 0.175. The number of benzene rings is 4. The molecule has 3 nitrogen and oxygen atoms in total. The molecular weight excluding hydrogens is 430 g/mol. The van der Waals surface area contributed by atoms with Gasteiger partial charge in [-0.05, 0) is 82.8 Å². The van der Waals surface area contributed by atoms with E-state index in [1.54, 1.807) is 0 Å². The highest BCUT2D eigenvalue weighted by Gasteiger charge is 2.27. The van der Waals surface area contributed by atoms with Crippen LogP contribution in [0.15, 0.2) is 97.6 Å². The molecule has 0 aliphatic heterocycles. The maximum atomic E-state index is 11.6. The molecule has 170 valence electrons. The first-order valence-corrected chi connectivity index (χ1v) is 11.9. The second-order valence-electron chi connectivity index (χ2n) is 9.04. The first-order valence-electron chi connectivity index (χ1n) is 11.9. The number of carbonyl (C=O) groups is 1. The van der Waals surface area contributed by atoms with Gasteiger partial charge in [-0.2, -0.15) is 0 Å². The van der Waals surface area contributed by atoms with Crippen molar-refractivity contribution in [1.29, 1.82) is 0 Å². The Kier molecular flexibility index (Phi) is 5.11. The van der Waals surface area contributed by atoms with Crippen LogP contribution in [0.1, 0.15) is 33.9 Å². The fraction of sp³-hybridized carbons (Fsp3) is 0.0938. The van der Waals surface area contributed by atoms with Crippen molar-refractivity contribution in [3.8, 4) is 5.75 Å². The van der Waals surface area contributed by atoms with E-state index < -0.39 is 5.97 Å². The monoisotopic (exact) mass is 455 g/mol. The first-order chi connectivity index (χ1) is 17.1. The molecule has 35 heavy (non-hydrogen) atoms. The minimum atomic E-state index is -0.464. The SMILES string of the molecule is C=CC(=O)Oc1ccc(N(c2ccc(C)cc2)C2C=Cc3ccc4c5c(ccc2c35)CC=C4)cc1. The van der Waals surface area contributed by atoms with Crippen LogP contribution in [0.3, 0.4) is 0 Å².